The van der Waals surface area contributed by atoms with Gasteiger partial charge in [0.2, 0.25) is 0 Å². The Bertz CT molecular complexity index is 295. The van der Waals surface area contributed by atoms with Crippen LogP contribution in [0, 0.1) is 5.92 Å². The van der Waals surface area contributed by atoms with Gasteiger partial charge in [-0.2, -0.15) is 13.2 Å². The predicted molar refractivity (Wildman–Crippen MR) is 57.7 cm³/mol. The van der Waals surface area contributed by atoms with E-state index in [0.29, 0.717) is 0 Å². The first-order valence-electron chi connectivity index (χ1n) is 5.45. The molecule has 0 bridgehead atoms. The number of carboxylic acids is 1. The molecule has 0 rings (SSSR count). The fraction of sp³-hybridized carbons (Fsp3) is 0.800. The van der Waals surface area contributed by atoms with Gasteiger partial charge in [-0.3, -0.25) is 9.59 Å². The smallest absolute Gasteiger partial charge is 0.389 e. The lowest BCUT2D eigenvalue weighted by molar-refractivity contribution is -0.146. The number of halogens is 3. The fourth-order valence-corrected chi connectivity index (χ4v) is 1.39. The molecule has 2 atom stereocenters. The quantitative estimate of drug-likeness (QED) is 0.601. The second-order valence-corrected chi connectivity index (χ2v) is 4.06. The number of hydrogen-bond donors (Lipinski definition) is 3. The molecule has 0 aliphatic heterocycles. The van der Waals surface area contributed by atoms with Gasteiger partial charge in [0.1, 0.15) is 0 Å². The molecule has 0 aliphatic rings. The lowest BCUT2D eigenvalue weighted by Crippen LogP contribution is -2.39. The summed E-state index contributed by atoms with van der Waals surface area (Å²) in [5.74, 6) is -2.98. The van der Waals surface area contributed by atoms with Crippen molar-refractivity contribution in [1.29, 1.82) is 0 Å². The molecule has 18 heavy (non-hydrogen) atoms. The summed E-state index contributed by atoms with van der Waals surface area (Å²) >= 11 is 0. The van der Waals surface area contributed by atoms with Gasteiger partial charge in [0, 0.05) is 19.4 Å². The Morgan fingerprint density at radius 2 is 1.83 bits per heavy atom. The normalized spacial score (nSPS) is 15.2. The number of alkyl halides is 3. The number of carboxylic acid groups (broad SMARTS) is 1. The van der Waals surface area contributed by atoms with Crippen LogP contribution in [0.5, 0.6) is 0 Å². The Hall–Kier alpha value is -1.15. The summed E-state index contributed by atoms with van der Waals surface area (Å²) in [6.45, 7) is -0.117. The third-order valence-electron chi connectivity index (χ3n) is 2.48. The second kappa shape index (κ2) is 7.32. The van der Waals surface area contributed by atoms with Gasteiger partial charge in [0.15, 0.2) is 5.78 Å². The van der Waals surface area contributed by atoms with Gasteiger partial charge in [-0.1, -0.05) is 0 Å². The van der Waals surface area contributed by atoms with Crippen LogP contribution in [0.4, 0.5) is 13.2 Å². The number of carbonyl (C=O) groups is 2. The van der Waals surface area contributed by atoms with Gasteiger partial charge < -0.3 is 16.6 Å². The van der Waals surface area contributed by atoms with E-state index in [0.717, 1.165) is 0 Å². The van der Waals surface area contributed by atoms with Crippen molar-refractivity contribution >= 4 is 11.8 Å². The summed E-state index contributed by atoms with van der Waals surface area (Å²) in [5.41, 5.74) is 10.5. The van der Waals surface area contributed by atoms with Crippen LogP contribution < -0.4 is 11.5 Å². The van der Waals surface area contributed by atoms with Crippen molar-refractivity contribution < 1.29 is 27.9 Å². The highest BCUT2D eigenvalue weighted by Crippen LogP contribution is 2.24. The fourth-order valence-electron chi connectivity index (χ4n) is 1.39. The van der Waals surface area contributed by atoms with Crippen molar-refractivity contribution in [2.75, 3.05) is 6.54 Å². The van der Waals surface area contributed by atoms with Gasteiger partial charge >= 0.3 is 12.1 Å². The van der Waals surface area contributed by atoms with Crippen molar-refractivity contribution in [3.8, 4) is 0 Å². The summed E-state index contributed by atoms with van der Waals surface area (Å²) in [6, 6.07) is -0.963. The molecule has 0 saturated carbocycles. The summed E-state index contributed by atoms with van der Waals surface area (Å²) in [6.07, 6.45) is -6.30. The molecule has 0 radical (unpaired) electrons. The molecule has 0 spiro atoms. The lowest BCUT2D eigenvalue weighted by Gasteiger charge is -2.14. The maximum absolute atomic E-state index is 11.9. The SMILES string of the molecule is NC[C@@H](N)C(=O)C[C@@H](CCCC(F)(F)F)C(=O)O. The average molecular weight is 270 g/mol. The molecule has 0 aromatic carbocycles. The van der Waals surface area contributed by atoms with Gasteiger partial charge in [0.05, 0.1) is 12.0 Å². The molecule has 8 heteroatoms. The van der Waals surface area contributed by atoms with E-state index < -0.39 is 36.3 Å². The molecule has 106 valence electrons. The van der Waals surface area contributed by atoms with E-state index in [1.54, 1.807) is 0 Å². The number of Topliss-reactive ketones (excluding diaryl/α,β-unsaturated/α-hetero) is 1. The molecule has 5 N–H and O–H groups in total. The van der Waals surface area contributed by atoms with Gasteiger partial charge in [-0.25, -0.2) is 0 Å². The van der Waals surface area contributed by atoms with Crippen LogP contribution in [0.1, 0.15) is 25.7 Å². The van der Waals surface area contributed by atoms with E-state index in [2.05, 4.69) is 0 Å². The van der Waals surface area contributed by atoms with E-state index in [1.165, 1.54) is 0 Å². The lowest BCUT2D eigenvalue weighted by atomic mass is 9.94. The van der Waals surface area contributed by atoms with Crippen molar-refractivity contribution in [3.05, 3.63) is 0 Å². The zero-order chi connectivity index (χ0) is 14.3. The van der Waals surface area contributed by atoms with E-state index in [9.17, 15) is 22.8 Å². The van der Waals surface area contributed by atoms with Crippen molar-refractivity contribution in [3.63, 3.8) is 0 Å². The number of nitrogens with two attached hydrogens (primary N) is 2. The highest BCUT2D eigenvalue weighted by Gasteiger charge is 2.29. The van der Waals surface area contributed by atoms with Gasteiger partial charge in [-0.05, 0) is 12.8 Å². The number of hydrogen-bond acceptors (Lipinski definition) is 4. The van der Waals surface area contributed by atoms with Crippen LogP contribution in [0.2, 0.25) is 0 Å². The monoisotopic (exact) mass is 270 g/mol. The molecular formula is C10H17F3N2O3. The van der Waals surface area contributed by atoms with Crippen LogP contribution >= 0.6 is 0 Å². The number of aliphatic carboxylic acids is 1. The molecule has 5 nitrogen and oxygen atoms in total. The van der Waals surface area contributed by atoms with Crippen LogP contribution in [-0.2, 0) is 9.59 Å². The first-order chi connectivity index (χ1) is 8.17. The Kier molecular flexibility index (Phi) is 6.85. The second-order valence-electron chi connectivity index (χ2n) is 4.06. The first-order valence-corrected chi connectivity index (χ1v) is 5.45. The van der Waals surface area contributed by atoms with Crippen molar-refractivity contribution in [2.45, 2.75) is 37.9 Å². The molecular weight excluding hydrogens is 253 g/mol. The van der Waals surface area contributed by atoms with E-state index >= 15 is 0 Å². The standard InChI is InChI=1S/C10H17F3N2O3/c11-10(12,13)3-1-2-6(9(17)18)4-8(16)7(15)5-14/h6-7H,1-5,14-15H2,(H,17,18)/t6-,7-/m1/s1. The summed E-state index contributed by atoms with van der Waals surface area (Å²) in [5, 5.41) is 8.80. The molecule has 0 amide bonds. The highest BCUT2D eigenvalue weighted by molar-refractivity contribution is 5.87. The predicted octanol–water partition coefficient (Wildman–Crippen LogP) is 0.665. The summed E-state index contributed by atoms with van der Waals surface area (Å²) < 4.78 is 35.7. The maximum Gasteiger partial charge on any atom is 0.389 e. The average Bonchev–Trinajstić information content (AvgIpc) is 2.24. The Balaban J connectivity index is 4.24. The molecule has 0 heterocycles. The van der Waals surface area contributed by atoms with Crippen molar-refractivity contribution in [2.24, 2.45) is 17.4 Å². The molecule has 0 unspecified atom stereocenters. The zero-order valence-electron chi connectivity index (χ0n) is 9.74. The third-order valence-corrected chi connectivity index (χ3v) is 2.48. The Morgan fingerprint density at radius 3 is 2.22 bits per heavy atom. The van der Waals surface area contributed by atoms with Crippen LogP contribution in [0.15, 0.2) is 0 Å². The minimum absolute atomic E-state index is 0.117. The van der Waals surface area contributed by atoms with E-state index in [1.807, 2.05) is 0 Å². The van der Waals surface area contributed by atoms with Crippen molar-refractivity contribution in [1.82, 2.24) is 0 Å². The summed E-state index contributed by atoms with van der Waals surface area (Å²) in [4.78, 5) is 22.2. The molecule has 0 aliphatic carbocycles. The minimum atomic E-state index is -4.32. The largest absolute Gasteiger partial charge is 0.481 e. The van der Waals surface area contributed by atoms with E-state index in [-0.39, 0.29) is 25.8 Å². The molecule has 0 aromatic heterocycles. The van der Waals surface area contributed by atoms with Gasteiger partial charge in [-0.15, -0.1) is 0 Å². The van der Waals surface area contributed by atoms with E-state index in [4.69, 9.17) is 16.6 Å². The number of ketones is 1. The summed E-state index contributed by atoms with van der Waals surface area (Å²) in [7, 11) is 0. The van der Waals surface area contributed by atoms with Crippen LogP contribution in [0.3, 0.4) is 0 Å². The number of carbonyl (C=O) groups excluding carboxylic acids is 1. The van der Waals surface area contributed by atoms with Crippen LogP contribution in [-0.4, -0.2) is 35.6 Å². The third kappa shape index (κ3) is 7.23. The maximum atomic E-state index is 11.9. The van der Waals surface area contributed by atoms with Gasteiger partial charge in [0.25, 0.3) is 0 Å². The number of rotatable bonds is 8. The highest BCUT2D eigenvalue weighted by atomic mass is 19.4. The molecule has 0 saturated heterocycles. The molecule has 0 fully saturated rings. The van der Waals surface area contributed by atoms with Crippen LogP contribution in [0.25, 0.3) is 0 Å². The minimum Gasteiger partial charge on any atom is -0.481 e. The Morgan fingerprint density at radius 1 is 1.28 bits per heavy atom. The molecule has 0 aromatic rings. The topological polar surface area (TPSA) is 106 Å². The Labute approximate surface area is 102 Å². The first kappa shape index (κ1) is 16.9. The zero-order valence-corrected chi connectivity index (χ0v) is 9.74.